The van der Waals surface area contributed by atoms with Crippen molar-refractivity contribution in [2.45, 2.75) is 76.8 Å². The molecule has 0 aromatic rings. The summed E-state index contributed by atoms with van der Waals surface area (Å²) in [4.78, 5) is 14.5. The summed E-state index contributed by atoms with van der Waals surface area (Å²) in [5, 5.41) is 3.07. The van der Waals surface area contributed by atoms with E-state index in [1.54, 1.807) is 0 Å². The highest BCUT2D eigenvalue weighted by Crippen LogP contribution is 2.37. The van der Waals surface area contributed by atoms with Crippen molar-refractivity contribution in [3.05, 3.63) is 0 Å². The molecule has 5 nitrogen and oxygen atoms in total. The van der Waals surface area contributed by atoms with Gasteiger partial charge in [-0.15, -0.1) is 0 Å². The van der Waals surface area contributed by atoms with Crippen molar-refractivity contribution in [3.8, 4) is 0 Å². The van der Waals surface area contributed by atoms with E-state index >= 15 is 0 Å². The van der Waals surface area contributed by atoms with E-state index in [2.05, 4.69) is 24.2 Å². The molecule has 0 bridgehead atoms. The van der Waals surface area contributed by atoms with Crippen LogP contribution in [0.1, 0.15) is 52.9 Å². The Bertz CT molecular complexity index is 345. The van der Waals surface area contributed by atoms with Crippen LogP contribution >= 0.6 is 0 Å². The van der Waals surface area contributed by atoms with Gasteiger partial charge in [-0.25, -0.2) is 0 Å². The topological polar surface area (TPSA) is 50.8 Å². The third kappa shape index (κ3) is 3.96. The second-order valence-corrected chi connectivity index (χ2v) is 6.50. The van der Waals surface area contributed by atoms with Crippen molar-refractivity contribution >= 4 is 5.91 Å². The fraction of sp³-hybridized carbons (Fsp3) is 0.938. The second-order valence-electron chi connectivity index (χ2n) is 6.50. The van der Waals surface area contributed by atoms with E-state index in [4.69, 9.17) is 9.47 Å². The van der Waals surface area contributed by atoms with Crippen LogP contribution in [0.3, 0.4) is 0 Å². The lowest BCUT2D eigenvalue weighted by atomic mass is 9.88. The van der Waals surface area contributed by atoms with Gasteiger partial charge in [-0.1, -0.05) is 6.92 Å². The summed E-state index contributed by atoms with van der Waals surface area (Å²) in [6, 6.07) is 0.577. The number of carbonyl (C=O) groups is 1. The number of ether oxygens (including phenoxy) is 2. The van der Waals surface area contributed by atoms with Crippen LogP contribution in [-0.4, -0.2) is 55.0 Å². The number of rotatable bonds is 5. The van der Waals surface area contributed by atoms with Crippen LogP contribution in [0.2, 0.25) is 0 Å². The summed E-state index contributed by atoms with van der Waals surface area (Å²) < 4.78 is 11.5. The van der Waals surface area contributed by atoms with Gasteiger partial charge in [0.05, 0.1) is 19.3 Å². The first-order valence-electron chi connectivity index (χ1n) is 8.27. The summed E-state index contributed by atoms with van der Waals surface area (Å²) in [6.45, 7) is 7.55. The minimum Gasteiger partial charge on any atom is -0.352 e. The molecule has 2 fully saturated rings. The van der Waals surface area contributed by atoms with Crippen molar-refractivity contribution in [1.82, 2.24) is 10.2 Å². The van der Waals surface area contributed by atoms with Gasteiger partial charge in [0.25, 0.3) is 0 Å². The molecule has 0 aromatic carbocycles. The Kier molecular flexibility index (Phi) is 5.63. The van der Waals surface area contributed by atoms with E-state index in [0.29, 0.717) is 19.3 Å². The number of nitrogens with zero attached hydrogens (tertiary/aromatic N) is 1. The zero-order valence-electron chi connectivity index (χ0n) is 13.9. The molecule has 2 atom stereocenters. The highest BCUT2D eigenvalue weighted by Gasteiger charge is 2.41. The zero-order valence-corrected chi connectivity index (χ0v) is 13.9. The molecular formula is C16H30N2O3. The van der Waals surface area contributed by atoms with Gasteiger partial charge in [0.1, 0.15) is 0 Å². The molecule has 122 valence electrons. The van der Waals surface area contributed by atoms with Gasteiger partial charge in [-0.2, -0.15) is 0 Å². The van der Waals surface area contributed by atoms with Crippen molar-refractivity contribution in [2.75, 3.05) is 20.3 Å². The molecule has 1 saturated carbocycles. The van der Waals surface area contributed by atoms with Crippen molar-refractivity contribution < 1.29 is 14.3 Å². The molecule has 1 aliphatic carbocycles. The maximum Gasteiger partial charge on any atom is 0.237 e. The molecule has 2 aliphatic rings. The lowest BCUT2D eigenvalue weighted by molar-refractivity contribution is -0.184. The van der Waals surface area contributed by atoms with E-state index in [-0.39, 0.29) is 23.8 Å². The summed E-state index contributed by atoms with van der Waals surface area (Å²) in [7, 11) is 2.06. The maximum atomic E-state index is 12.2. The van der Waals surface area contributed by atoms with Crippen LogP contribution in [0.5, 0.6) is 0 Å². The van der Waals surface area contributed by atoms with Gasteiger partial charge in [-0.3, -0.25) is 9.69 Å². The van der Waals surface area contributed by atoms with Crippen LogP contribution in [0.4, 0.5) is 0 Å². The minimum atomic E-state index is -0.320. The molecule has 2 unspecified atom stereocenters. The Hall–Kier alpha value is -0.650. The normalized spacial score (nSPS) is 25.2. The zero-order chi connectivity index (χ0) is 15.5. The molecule has 1 amide bonds. The second kappa shape index (κ2) is 7.07. The predicted octanol–water partition coefficient (Wildman–Crippen LogP) is 1.91. The van der Waals surface area contributed by atoms with Gasteiger partial charge < -0.3 is 14.8 Å². The van der Waals surface area contributed by atoms with Crippen LogP contribution in [-0.2, 0) is 14.3 Å². The molecule has 1 aliphatic heterocycles. The van der Waals surface area contributed by atoms with E-state index in [1.807, 2.05) is 13.8 Å². The molecular weight excluding hydrogens is 268 g/mol. The highest BCUT2D eigenvalue weighted by molar-refractivity contribution is 5.81. The molecule has 0 radical (unpaired) electrons. The Morgan fingerprint density at radius 1 is 1.29 bits per heavy atom. The molecule has 5 heteroatoms. The number of hydrogen-bond acceptors (Lipinski definition) is 4. The van der Waals surface area contributed by atoms with Gasteiger partial charge in [-0.05, 0) is 40.2 Å². The van der Waals surface area contributed by atoms with Crippen molar-refractivity contribution in [3.63, 3.8) is 0 Å². The molecule has 1 N–H and O–H groups in total. The average molecular weight is 298 g/mol. The van der Waals surface area contributed by atoms with Crippen molar-refractivity contribution in [1.29, 1.82) is 0 Å². The largest absolute Gasteiger partial charge is 0.352 e. The summed E-state index contributed by atoms with van der Waals surface area (Å²) in [5.41, 5.74) is 0. The third-order valence-electron chi connectivity index (χ3n) is 5.10. The van der Waals surface area contributed by atoms with Gasteiger partial charge in [0.2, 0.25) is 5.91 Å². The molecule has 2 rings (SSSR count). The van der Waals surface area contributed by atoms with Gasteiger partial charge in [0.15, 0.2) is 5.79 Å². The average Bonchev–Trinajstić information content (AvgIpc) is 2.94. The molecule has 1 spiro atoms. The molecule has 1 heterocycles. The summed E-state index contributed by atoms with van der Waals surface area (Å²) in [6.07, 6.45) is 4.88. The summed E-state index contributed by atoms with van der Waals surface area (Å²) in [5.74, 6) is -0.194. The van der Waals surface area contributed by atoms with Crippen LogP contribution in [0.25, 0.3) is 0 Å². The Morgan fingerprint density at radius 2 is 1.86 bits per heavy atom. The SMILES string of the molecule is CCC(C)NC(=O)C(C)N(C)C1CCC2(CC1)OCCO2. The van der Waals surface area contributed by atoms with Gasteiger partial charge in [0, 0.05) is 24.9 Å². The smallest absolute Gasteiger partial charge is 0.237 e. The van der Waals surface area contributed by atoms with Crippen LogP contribution < -0.4 is 5.32 Å². The number of likely N-dealkylation sites (N-methyl/N-ethyl adjacent to an activating group) is 1. The first-order valence-corrected chi connectivity index (χ1v) is 8.27. The first-order chi connectivity index (χ1) is 9.97. The van der Waals surface area contributed by atoms with E-state index < -0.39 is 0 Å². The maximum absolute atomic E-state index is 12.2. The molecule has 0 aromatic heterocycles. The summed E-state index contributed by atoms with van der Waals surface area (Å²) >= 11 is 0. The third-order valence-corrected chi connectivity index (χ3v) is 5.10. The number of hydrogen-bond donors (Lipinski definition) is 1. The Balaban J connectivity index is 1.83. The number of carbonyl (C=O) groups excluding carboxylic acids is 1. The van der Waals surface area contributed by atoms with E-state index in [0.717, 1.165) is 32.1 Å². The lowest BCUT2D eigenvalue weighted by Crippen LogP contribution is -2.51. The first kappa shape index (κ1) is 16.7. The van der Waals surface area contributed by atoms with Crippen LogP contribution in [0, 0.1) is 0 Å². The minimum absolute atomic E-state index is 0.0940. The van der Waals surface area contributed by atoms with Crippen LogP contribution in [0.15, 0.2) is 0 Å². The van der Waals surface area contributed by atoms with E-state index in [1.165, 1.54) is 0 Å². The van der Waals surface area contributed by atoms with Gasteiger partial charge >= 0.3 is 0 Å². The molecule has 21 heavy (non-hydrogen) atoms. The highest BCUT2D eigenvalue weighted by atomic mass is 16.7. The van der Waals surface area contributed by atoms with E-state index in [9.17, 15) is 4.79 Å². The monoisotopic (exact) mass is 298 g/mol. The lowest BCUT2D eigenvalue weighted by Gasteiger charge is -2.40. The fourth-order valence-electron chi connectivity index (χ4n) is 3.20. The molecule has 1 saturated heterocycles. The standard InChI is InChI=1S/C16H30N2O3/c1-5-12(2)17-15(19)13(3)18(4)14-6-8-16(9-7-14)20-10-11-21-16/h12-14H,5-11H2,1-4H3,(H,17,19). The predicted molar refractivity (Wildman–Crippen MR) is 82.0 cm³/mol. The Morgan fingerprint density at radius 3 is 2.38 bits per heavy atom. The fourth-order valence-corrected chi connectivity index (χ4v) is 3.20. The number of amides is 1. The van der Waals surface area contributed by atoms with Crippen molar-refractivity contribution in [2.24, 2.45) is 0 Å². The Labute approximate surface area is 128 Å². The number of nitrogens with one attached hydrogen (secondary N) is 1. The quantitative estimate of drug-likeness (QED) is 0.842.